The van der Waals surface area contributed by atoms with Crippen LogP contribution in [0.1, 0.15) is 23.8 Å². The molecule has 0 bridgehead atoms. The van der Waals surface area contributed by atoms with E-state index < -0.39 is 5.60 Å². The first kappa shape index (κ1) is 11.4. The normalized spacial score (nSPS) is 18.1. The molecule has 0 aromatic carbocycles. The molecule has 0 saturated carbocycles. The van der Waals surface area contributed by atoms with Gasteiger partial charge in [0.05, 0.1) is 23.7 Å². The SMILES string of the molecule is CCC1(O)CN(C(=O)c2ccc(Cl)cn2)C1. The lowest BCUT2D eigenvalue weighted by molar-refractivity contribution is -0.0828. The molecule has 1 aromatic rings. The molecular weight excluding hydrogens is 228 g/mol. The van der Waals surface area contributed by atoms with Crippen LogP contribution in [0.4, 0.5) is 0 Å². The topological polar surface area (TPSA) is 53.4 Å². The second-order valence-corrected chi connectivity index (χ2v) is 4.54. The molecule has 1 saturated heterocycles. The van der Waals surface area contributed by atoms with Gasteiger partial charge in [-0.25, -0.2) is 4.98 Å². The van der Waals surface area contributed by atoms with Crippen LogP contribution in [0.2, 0.25) is 5.02 Å². The first-order valence-corrected chi connectivity index (χ1v) is 5.55. The molecule has 0 unspecified atom stereocenters. The molecule has 0 spiro atoms. The van der Waals surface area contributed by atoms with Crippen LogP contribution in [0.5, 0.6) is 0 Å². The summed E-state index contributed by atoms with van der Waals surface area (Å²) in [5, 5.41) is 10.3. The lowest BCUT2D eigenvalue weighted by Crippen LogP contribution is -2.63. The van der Waals surface area contributed by atoms with Crippen molar-refractivity contribution in [1.29, 1.82) is 0 Å². The quantitative estimate of drug-likeness (QED) is 0.849. The van der Waals surface area contributed by atoms with Crippen molar-refractivity contribution in [3.05, 3.63) is 29.0 Å². The number of carbonyl (C=O) groups is 1. The Bertz CT molecular complexity index is 399. The van der Waals surface area contributed by atoms with E-state index in [0.717, 1.165) is 0 Å². The summed E-state index contributed by atoms with van der Waals surface area (Å²) in [6, 6.07) is 3.22. The zero-order valence-electron chi connectivity index (χ0n) is 8.98. The largest absolute Gasteiger partial charge is 0.386 e. The number of likely N-dealkylation sites (tertiary alicyclic amines) is 1. The van der Waals surface area contributed by atoms with Gasteiger partial charge in [0.15, 0.2) is 0 Å². The molecule has 4 nitrogen and oxygen atoms in total. The minimum Gasteiger partial charge on any atom is -0.386 e. The van der Waals surface area contributed by atoms with Crippen molar-refractivity contribution in [1.82, 2.24) is 9.88 Å². The van der Waals surface area contributed by atoms with E-state index in [1.165, 1.54) is 6.20 Å². The van der Waals surface area contributed by atoms with Crippen molar-refractivity contribution < 1.29 is 9.90 Å². The maximum Gasteiger partial charge on any atom is 0.272 e. The summed E-state index contributed by atoms with van der Waals surface area (Å²) in [5.74, 6) is -0.158. The van der Waals surface area contributed by atoms with Crippen LogP contribution in [-0.2, 0) is 0 Å². The Balaban J connectivity index is 2.03. The van der Waals surface area contributed by atoms with E-state index in [1.807, 2.05) is 6.92 Å². The third kappa shape index (κ3) is 2.03. The molecule has 5 heteroatoms. The van der Waals surface area contributed by atoms with Gasteiger partial charge in [-0.05, 0) is 18.6 Å². The van der Waals surface area contributed by atoms with Gasteiger partial charge in [-0.2, -0.15) is 0 Å². The highest BCUT2D eigenvalue weighted by atomic mass is 35.5. The zero-order valence-corrected chi connectivity index (χ0v) is 9.74. The number of pyridine rings is 1. The molecule has 0 aliphatic carbocycles. The van der Waals surface area contributed by atoms with Crippen molar-refractivity contribution in [2.45, 2.75) is 18.9 Å². The molecule has 2 heterocycles. The Morgan fingerprint density at radius 3 is 2.81 bits per heavy atom. The Hall–Kier alpha value is -1.13. The van der Waals surface area contributed by atoms with Gasteiger partial charge in [-0.3, -0.25) is 4.79 Å². The Labute approximate surface area is 98.9 Å². The van der Waals surface area contributed by atoms with Crippen molar-refractivity contribution in [3.8, 4) is 0 Å². The highest BCUT2D eigenvalue weighted by molar-refractivity contribution is 6.30. The molecular formula is C11H13ClN2O2. The minimum absolute atomic E-state index is 0.158. The van der Waals surface area contributed by atoms with E-state index in [-0.39, 0.29) is 5.91 Å². The van der Waals surface area contributed by atoms with E-state index in [2.05, 4.69) is 4.98 Å². The van der Waals surface area contributed by atoms with Gasteiger partial charge in [0, 0.05) is 6.20 Å². The standard InChI is InChI=1S/C11H13ClN2O2/c1-2-11(16)6-14(7-11)10(15)9-4-3-8(12)5-13-9/h3-5,16H,2,6-7H2,1H3. The Kier molecular flexibility index (Phi) is 2.86. The number of nitrogens with zero attached hydrogens (tertiary/aromatic N) is 2. The molecule has 1 aliphatic rings. The first-order chi connectivity index (χ1) is 7.54. The third-order valence-corrected chi connectivity index (χ3v) is 3.09. The fourth-order valence-corrected chi connectivity index (χ4v) is 1.81. The predicted molar refractivity (Wildman–Crippen MR) is 60.4 cm³/mol. The van der Waals surface area contributed by atoms with Crippen LogP contribution >= 0.6 is 11.6 Å². The van der Waals surface area contributed by atoms with Crippen molar-refractivity contribution >= 4 is 17.5 Å². The maximum atomic E-state index is 11.9. The average molecular weight is 241 g/mol. The van der Waals surface area contributed by atoms with E-state index in [4.69, 9.17) is 11.6 Å². The van der Waals surface area contributed by atoms with Gasteiger partial charge in [-0.1, -0.05) is 18.5 Å². The van der Waals surface area contributed by atoms with Gasteiger partial charge >= 0.3 is 0 Å². The lowest BCUT2D eigenvalue weighted by atomic mass is 9.91. The van der Waals surface area contributed by atoms with Gasteiger partial charge in [0.2, 0.25) is 0 Å². The smallest absolute Gasteiger partial charge is 0.272 e. The number of aromatic nitrogens is 1. The fraction of sp³-hybridized carbons (Fsp3) is 0.455. The number of hydrogen-bond acceptors (Lipinski definition) is 3. The number of aliphatic hydroxyl groups is 1. The average Bonchev–Trinajstić information content (AvgIpc) is 2.25. The van der Waals surface area contributed by atoms with Gasteiger partial charge < -0.3 is 10.0 Å². The summed E-state index contributed by atoms with van der Waals surface area (Å²) in [4.78, 5) is 17.4. The van der Waals surface area contributed by atoms with Crippen LogP contribution < -0.4 is 0 Å². The van der Waals surface area contributed by atoms with Crippen molar-refractivity contribution in [2.75, 3.05) is 13.1 Å². The van der Waals surface area contributed by atoms with Crippen LogP contribution in [0.3, 0.4) is 0 Å². The highest BCUT2D eigenvalue weighted by Crippen LogP contribution is 2.25. The maximum absolute atomic E-state index is 11.9. The monoisotopic (exact) mass is 240 g/mol. The summed E-state index contributed by atoms with van der Waals surface area (Å²) in [6.07, 6.45) is 2.10. The second-order valence-electron chi connectivity index (χ2n) is 4.10. The Morgan fingerprint density at radius 1 is 1.62 bits per heavy atom. The number of carbonyl (C=O) groups excluding carboxylic acids is 1. The Morgan fingerprint density at radius 2 is 2.31 bits per heavy atom. The fourth-order valence-electron chi connectivity index (χ4n) is 1.70. The van der Waals surface area contributed by atoms with Crippen LogP contribution in [-0.4, -0.2) is 39.6 Å². The van der Waals surface area contributed by atoms with E-state index in [0.29, 0.717) is 30.2 Å². The van der Waals surface area contributed by atoms with E-state index in [1.54, 1.807) is 17.0 Å². The number of hydrogen-bond donors (Lipinski definition) is 1. The highest BCUT2D eigenvalue weighted by Gasteiger charge is 2.42. The van der Waals surface area contributed by atoms with Crippen molar-refractivity contribution in [3.63, 3.8) is 0 Å². The van der Waals surface area contributed by atoms with Gasteiger partial charge in [0.1, 0.15) is 5.69 Å². The molecule has 1 fully saturated rings. The summed E-state index contributed by atoms with van der Waals surface area (Å²) >= 11 is 5.68. The number of rotatable bonds is 2. The first-order valence-electron chi connectivity index (χ1n) is 5.17. The molecule has 86 valence electrons. The molecule has 1 aliphatic heterocycles. The summed E-state index contributed by atoms with van der Waals surface area (Å²) < 4.78 is 0. The lowest BCUT2D eigenvalue weighted by Gasteiger charge is -2.45. The molecule has 1 amide bonds. The van der Waals surface area contributed by atoms with E-state index in [9.17, 15) is 9.90 Å². The van der Waals surface area contributed by atoms with Crippen LogP contribution in [0.25, 0.3) is 0 Å². The number of halogens is 1. The zero-order chi connectivity index (χ0) is 11.8. The molecule has 0 atom stereocenters. The summed E-state index contributed by atoms with van der Waals surface area (Å²) in [7, 11) is 0. The molecule has 1 N–H and O–H groups in total. The number of β-amino-alcohol motifs (C(OH)–C–C–N with tert-alkyl or cyclic N) is 1. The van der Waals surface area contributed by atoms with Gasteiger partial charge in [-0.15, -0.1) is 0 Å². The molecule has 1 aromatic heterocycles. The van der Waals surface area contributed by atoms with Crippen LogP contribution in [0.15, 0.2) is 18.3 Å². The van der Waals surface area contributed by atoms with Crippen molar-refractivity contribution in [2.24, 2.45) is 0 Å². The second kappa shape index (κ2) is 4.03. The van der Waals surface area contributed by atoms with Gasteiger partial charge in [0.25, 0.3) is 5.91 Å². The molecule has 2 rings (SSSR count). The third-order valence-electron chi connectivity index (χ3n) is 2.86. The van der Waals surface area contributed by atoms with E-state index >= 15 is 0 Å². The molecule has 16 heavy (non-hydrogen) atoms. The number of amides is 1. The summed E-state index contributed by atoms with van der Waals surface area (Å²) in [5.41, 5.74) is -0.343. The molecule has 0 radical (unpaired) electrons. The minimum atomic E-state index is -0.706. The predicted octanol–water partition coefficient (Wildman–Crippen LogP) is 1.33. The summed E-state index contributed by atoms with van der Waals surface area (Å²) in [6.45, 7) is 2.67. The van der Waals surface area contributed by atoms with Crippen LogP contribution in [0, 0.1) is 0 Å².